The molecule has 58 valence electrons. The summed E-state index contributed by atoms with van der Waals surface area (Å²) in [6, 6.07) is 0. The minimum Gasteiger partial charge on any atom is -0.481 e. The molecule has 1 fully saturated rings. The molecule has 4 heteroatoms. The van der Waals surface area contributed by atoms with Gasteiger partial charge >= 0.3 is 5.97 Å². The van der Waals surface area contributed by atoms with Crippen molar-refractivity contribution in [2.75, 3.05) is 0 Å². The first kappa shape index (κ1) is 7.44. The Balaban J connectivity index is 2.68. The van der Waals surface area contributed by atoms with Crippen molar-refractivity contribution in [3.05, 3.63) is 0 Å². The lowest BCUT2D eigenvalue weighted by Gasteiger charge is -2.13. The quantitative estimate of drug-likeness (QED) is 0.615. The van der Waals surface area contributed by atoms with E-state index in [0.717, 1.165) is 0 Å². The van der Waals surface area contributed by atoms with Crippen molar-refractivity contribution in [2.24, 2.45) is 5.92 Å². The summed E-state index contributed by atoms with van der Waals surface area (Å²) in [7, 11) is 0. The summed E-state index contributed by atoms with van der Waals surface area (Å²) in [4.78, 5) is 10.1. The van der Waals surface area contributed by atoms with Gasteiger partial charge in [-0.2, -0.15) is 0 Å². The molecule has 2 nitrogen and oxygen atoms in total. The van der Waals surface area contributed by atoms with Crippen LogP contribution in [0, 0.1) is 5.92 Å². The molecule has 1 saturated carbocycles. The number of aliphatic carboxylic acids is 1. The van der Waals surface area contributed by atoms with Gasteiger partial charge < -0.3 is 5.11 Å². The molecule has 0 amide bonds. The molecule has 0 aliphatic heterocycles. The average Bonchev–Trinajstić information content (AvgIpc) is 2.08. The summed E-state index contributed by atoms with van der Waals surface area (Å²) in [5.41, 5.74) is 0. The van der Waals surface area contributed by atoms with Gasteiger partial charge in [0.25, 0.3) is 5.92 Å². The molecule has 0 unspecified atom stereocenters. The predicted octanol–water partition coefficient (Wildman–Crippen LogP) is 1.51. The van der Waals surface area contributed by atoms with Gasteiger partial charge in [-0.05, 0) is 12.8 Å². The fourth-order valence-electron chi connectivity index (χ4n) is 1.23. The van der Waals surface area contributed by atoms with Crippen LogP contribution in [0.1, 0.15) is 19.3 Å². The van der Waals surface area contributed by atoms with Gasteiger partial charge in [0.05, 0.1) is 0 Å². The summed E-state index contributed by atoms with van der Waals surface area (Å²) in [5.74, 6) is -5.78. The van der Waals surface area contributed by atoms with Crippen molar-refractivity contribution in [1.82, 2.24) is 0 Å². The zero-order valence-electron chi connectivity index (χ0n) is 5.31. The number of alkyl halides is 2. The monoisotopic (exact) mass is 150 g/mol. The Labute approximate surface area is 56.8 Å². The molecule has 1 N–H and O–H groups in total. The summed E-state index contributed by atoms with van der Waals surface area (Å²) in [5, 5.41) is 8.27. The minimum absolute atomic E-state index is 0.113. The maximum absolute atomic E-state index is 12.5. The van der Waals surface area contributed by atoms with Crippen molar-refractivity contribution in [2.45, 2.75) is 25.2 Å². The third-order valence-electron chi connectivity index (χ3n) is 1.81. The molecule has 0 saturated heterocycles. The van der Waals surface area contributed by atoms with Gasteiger partial charge in [0.2, 0.25) is 0 Å². The lowest BCUT2D eigenvalue weighted by molar-refractivity contribution is -0.153. The third-order valence-corrected chi connectivity index (χ3v) is 1.81. The average molecular weight is 150 g/mol. The van der Waals surface area contributed by atoms with Crippen molar-refractivity contribution in [1.29, 1.82) is 0 Å². The van der Waals surface area contributed by atoms with Crippen LogP contribution in [0.25, 0.3) is 0 Å². The topological polar surface area (TPSA) is 37.3 Å². The van der Waals surface area contributed by atoms with Crippen LogP contribution < -0.4 is 0 Å². The SMILES string of the molecule is O=C(O)[C@@H]1CCCC1(F)F. The van der Waals surface area contributed by atoms with E-state index in [2.05, 4.69) is 0 Å². The van der Waals surface area contributed by atoms with E-state index in [4.69, 9.17) is 5.11 Å². The first-order valence-electron chi connectivity index (χ1n) is 3.14. The molecule has 1 rings (SSSR count). The molecule has 0 aromatic rings. The second-order valence-electron chi connectivity index (χ2n) is 2.54. The van der Waals surface area contributed by atoms with E-state index >= 15 is 0 Å². The van der Waals surface area contributed by atoms with E-state index in [-0.39, 0.29) is 12.8 Å². The van der Waals surface area contributed by atoms with Crippen LogP contribution in [0.4, 0.5) is 8.78 Å². The van der Waals surface area contributed by atoms with E-state index in [1.807, 2.05) is 0 Å². The van der Waals surface area contributed by atoms with Gasteiger partial charge in [-0.15, -0.1) is 0 Å². The van der Waals surface area contributed by atoms with E-state index in [1.54, 1.807) is 0 Å². The van der Waals surface area contributed by atoms with Gasteiger partial charge in [-0.3, -0.25) is 4.79 Å². The first-order valence-corrected chi connectivity index (χ1v) is 3.14. The van der Waals surface area contributed by atoms with Gasteiger partial charge in [0.15, 0.2) is 0 Å². The van der Waals surface area contributed by atoms with Crippen molar-refractivity contribution in [3.63, 3.8) is 0 Å². The Morgan fingerprint density at radius 2 is 2.20 bits per heavy atom. The molecule has 0 bridgehead atoms. The smallest absolute Gasteiger partial charge is 0.312 e. The second kappa shape index (κ2) is 2.18. The number of hydrogen-bond donors (Lipinski definition) is 1. The summed E-state index contributed by atoms with van der Waals surface area (Å²) >= 11 is 0. The predicted molar refractivity (Wildman–Crippen MR) is 29.9 cm³/mol. The zero-order chi connectivity index (χ0) is 7.78. The lowest BCUT2D eigenvalue weighted by Crippen LogP contribution is -2.28. The van der Waals surface area contributed by atoms with E-state index < -0.39 is 17.8 Å². The normalized spacial score (nSPS) is 30.4. The van der Waals surface area contributed by atoms with Crippen molar-refractivity contribution >= 4 is 5.97 Å². The first-order chi connectivity index (χ1) is 4.54. The second-order valence-corrected chi connectivity index (χ2v) is 2.54. The number of hydrogen-bond acceptors (Lipinski definition) is 1. The number of carbonyl (C=O) groups is 1. The van der Waals surface area contributed by atoms with Crippen molar-refractivity contribution < 1.29 is 18.7 Å². The number of carboxylic acid groups (broad SMARTS) is 1. The van der Waals surface area contributed by atoms with Crippen LogP contribution in [-0.4, -0.2) is 17.0 Å². The largest absolute Gasteiger partial charge is 0.481 e. The summed E-state index contributed by atoms with van der Waals surface area (Å²) in [6.45, 7) is 0. The molecule has 10 heavy (non-hydrogen) atoms. The lowest BCUT2D eigenvalue weighted by atomic mass is 10.1. The molecular weight excluding hydrogens is 142 g/mol. The Morgan fingerprint density at radius 1 is 1.60 bits per heavy atom. The summed E-state index contributed by atoms with van der Waals surface area (Å²) in [6.07, 6.45) is 0.163. The molecule has 0 radical (unpaired) electrons. The molecule has 0 aromatic heterocycles. The van der Waals surface area contributed by atoms with Gasteiger partial charge in [-0.25, -0.2) is 8.78 Å². The Hall–Kier alpha value is -0.670. The van der Waals surface area contributed by atoms with Crippen LogP contribution in [-0.2, 0) is 4.79 Å². The fourth-order valence-corrected chi connectivity index (χ4v) is 1.23. The van der Waals surface area contributed by atoms with Gasteiger partial charge in [-0.1, -0.05) is 0 Å². The van der Waals surface area contributed by atoms with Crippen LogP contribution in [0.3, 0.4) is 0 Å². The minimum atomic E-state index is -2.97. The molecule has 1 aliphatic rings. The van der Waals surface area contributed by atoms with Crippen molar-refractivity contribution in [3.8, 4) is 0 Å². The highest BCUT2D eigenvalue weighted by Gasteiger charge is 2.48. The highest BCUT2D eigenvalue weighted by Crippen LogP contribution is 2.40. The molecule has 1 aliphatic carbocycles. The number of rotatable bonds is 1. The van der Waals surface area contributed by atoms with Crippen LogP contribution >= 0.6 is 0 Å². The molecule has 0 heterocycles. The van der Waals surface area contributed by atoms with Crippen LogP contribution in [0.5, 0.6) is 0 Å². The molecule has 0 aromatic carbocycles. The maximum atomic E-state index is 12.5. The number of carboxylic acids is 1. The summed E-state index contributed by atoms with van der Waals surface area (Å²) < 4.78 is 25.0. The Kier molecular flexibility index (Phi) is 1.62. The molecular formula is C6H8F2O2. The van der Waals surface area contributed by atoms with E-state index in [1.165, 1.54) is 0 Å². The highest BCUT2D eigenvalue weighted by molar-refractivity contribution is 5.71. The van der Waals surface area contributed by atoms with Gasteiger partial charge in [0, 0.05) is 6.42 Å². The maximum Gasteiger partial charge on any atom is 0.312 e. The van der Waals surface area contributed by atoms with Crippen LogP contribution in [0.2, 0.25) is 0 Å². The Bertz CT molecular complexity index is 156. The van der Waals surface area contributed by atoms with E-state index in [0.29, 0.717) is 6.42 Å². The zero-order valence-corrected chi connectivity index (χ0v) is 5.31. The highest BCUT2D eigenvalue weighted by atomic mass is 19.3. The van der Waals surface area contributed by atoms with Crippen LogP contribution in [0.15, 0.2) is 0 Å². The Morgan fingerprint density at radius 3 is 2.40 bits per heavy atom. The standard InChI is InChI=1S/C6H8F2O2/c7-6(8)3-1-2-4(6)5(9)10/h4H,1-3H2,(H,9,10)/t4-/m0/s1. The fraction of sp³-hybridized carbons (Fsp3) is 0.833. The third kappa shape index (κ3) is 1.10. The van der Waals surface area contributed by atoms with E-state index in [9.17, 15) is 13.6 Å². The van der Waals surface area contributed by atoms with Gasteiger partial charge in [0.1, 0.15) is 5.92 Å². The number of halogens is 2. The molecule has 1 atom stereocenters. The molecule has 0 spiro atoms.